The van der Waals surface area contributed by atoms with Crippen molar-refractivity contribution in [2.45, 2.75) is 43.7 Å². The Balaban J connectivity index is 2.73. The Labute approximate surface area is 125 Å². The third kappa shape index (κ3) is 5.04. The van der Waals surface area contributed by atoms with Gasteiger partial charge in [-0.2, -0.15) is 8.78 Å². The van der Waals surface area contributed by atoms with Crippen LogP contribution in [-0.2, 0) is 10.5 Å². The van der Waals surface area contributed by atoms with Crippen LogP contribution in [0.2, 0.25) is 0 Å². The van der Waals surface area contributed by atoms with Crippen LogP contribution < -0.4 is 5.32 Å². The molecule has 1 heterocycles. The third-order valence-corrected chi connectivity index (χ3v) is 3.55. The largest absolute Gasteiger partial charge is 0.480 e. The van der Waals surface area contributed by atoms with Crippen molar-refractivity contribution < 1.29 is 27.9 Å². The molecule has 8 heteroatoms. The SMILES string of the molecule is CCCC(C)(NC(=O)c1ccc(CSC(F)F)o1)C(=O)O. The maximum Gasteiger partial charge on any atom is 0.329 e. The number of hydrogen-bond acceptors (Lipinski definition) is 4. The van der Waals surface area contributed by atoms with Crippen molar-refractivity contribution in [3.63, 3.8) is 0 Å². The minimum absolute atomic E-state index is 0.0594. The molecule has 0 saturated heterocycles. The molecule has 1 atom stereocenters. The van der Waals surface area contributed by atoms with Crippen LogP contribution in [0.3, 0.4) is 0 Å². The lowest BCUT2D eigenvalue weighted by atomic mass is 9.96. The summed E-state index contributed by atoms with van der Waals surface area (Å²) in [4.78, 5) is 23.2. The van der Waals surface area contributed by atoms with Gasteiger partial charge in [0.15, 0.2) is 5.76 Å². The van der Waals surface area contributed by atoms with E-state index in [2.05, 4.69) is 5.32 Å². The average Bonchev–Trinajstić information content (AvgIpc) is 2.85. The summed E-state index contributed by atoms with van der Waals surface area (Å²) in [5.74, 6) is -4.26. The fourth-order valence-corrected chi connectivity index (χ4v) is 2.20. The Morgan fingerprint density at radius 2 is 2.14 bits per heavy atom. The highest BCUT2D eigenvalue weighted by molar-refractivity contribution is 7.98. The number of aliphatic carboxylic acids is 1. The number of carboxylic acids is 1. The van der Waals surface area contributed by atoms with Crippen molar-refractivity contribution in [1.29, 1.82) is 0 Å². The maximum absolute atomic E-state index is 12.1. The number of carbonyl (C=O) groups excluding carboxylic acids is 1. The lowest BCUT2D eigenvalue weighted by molar-refractivity contribution is -0.144. The van der Waals surface area contributed by atoms with Crippen molar-refractivity contribution in [2.75, 3.05) is 0 Å². The minimum atomic E-state index is -2.52. The summed E-state index contributed by atoms with van der Waals surface area (Å²) in [7, 11) is 0. The molecule has 5 nitrogen and oxygen atoms in total. The first-order chi connectivity index (χ1) is 9.78. The van der Waals surface area contributed by atoms with Gasteiger partial charge in [-0.1, -0.05) is 25.1 Å². The normalized spacial score (nSPS) is 14.0. The average molecular weight is 321 g/mol. The zero-order valence-electron chi connectivity index (χ0n) is 11.7. The number of rotatable bonds is 8. The molecule has 0 spiro atoms. The molecule has 21 heavy (non-hydrogen) atoms. The second-order valence-corrected chi connectivity index (χ2v) is 5.66. The molecule has 2 N–H and O–H groups in total. The van der Waals surface area contributed by atoms with E-state index < -0.39 is 23.2 Å². The molecule has 0 radical (unpaired) electrons. The van der Waals surface area contributed by atoms with Crippen LogP contribution in [0, 0.1) is 0 Å². The molecular formula is C13H17F2NO4S. The van der Waals surface area contributed by atoms with Gasteiger partial charge in [-0.05, 0) is 25.5 Å². The molecular weight excluding hydrogens is 304 g/mol. The lowest BCUT2D eigenvalue weighted by Crippen LogP contribution is -2.52. The van der Waals surface area contributed by atoms with E-state index in [-0.39, 0.29) is 23.7 Å². The van der Waals surface area contributed by atoms with Crippen molar-refractivity contribution in [3.05, 3.63) is 23.7 Å². The van der Waals surface area contributed by atoms with Gasteiger partial charge in [0, 0.05) is 0 Å². The number of furan rings is 1. The Kier molecular flexibility index (Phi) is 6.19. The van der Waals surface area contributed by atoms with Crippen molar-refractivity contribution >= 4 is 23.6 Å². The fraction of sp³-hybridized carbons (Fsp3) is 0.538. The number of amides is 1. The van der Waals surface area contributed by atoms with Crippen molar-refractivity contribution in [1.82, 2.24) is 5.32 Å². The monoisotopic (exact) mass is 321 g/mol. The Morgan fingerprint density at radius 1 is 1.48 bits per heavy atom. The van der Waals surface area contributed by atoms with Gasteiger partial charge in [0.05, 0.1) is 5.75 Å². The maximum atomic E-state index is 12.1. The lowest BCUT2D eigenvalue weighted by Gasteiger charge is -2.25. The van der Waals surface area contributed by atoms with Crippen LogP contribution in [0.1, 0.15) is 43.0 Å². The van der Waals surface area contributed by atoms with Crippen LogP contribution in [0.4, 0.5) is 8.78 Å². The third-order valence-electron chi connectivity index (χ3n) is 2.85. The van der Waals surface area contributed by atoms with Gasteiger partial charge in [0.25, 0.3) is 11.7 Å². The molecule has 0 fully saturated rings. The van der Waals surface area contributed by atoms with Gasteiger partial charge in [0.1, 0.15) is 11.3 Å². The molecule has 0 aliphatic rings. The van der Waals surface area contributed by atoms with E-state index in [4.69, 9.17) is 4.42 Å². The molecule has 1 aromatic heterocycles. The summed E-state index contributed by atoms with van der Waals surface area (Å²) in [6.45, 7) is 3.22. The van der Waals surface area contributed by atoms with Gasteiger partial charge >= 0.3 is 5.97 Å². The van der Waals surface area contributed by atoms with Gasteiger partial charge in [-0.15, -0.1) is 0 Å². The van der Waals surface area contributed by atoms with E-state index in [1.807, 2.05) is 0 Å². The fourth-order valence-electron chi connectivity index (χ4n) is 1.76. The molecule has 1 amide bonds. The summed E-state index contributed by atoms with van der Waals surface area (Å²) < 4.78 is 29.3. The van der Waals surface area contributed by atoms with Gasteiger partial charge in [-0.3, -0.25) is 4.79 Å². The highest BCUT2D eigenvalue weighted by Crippen LogP contribution is 2.22. The van der Waals surface area contributed by atoms with E-state index in [0.29, 0.717) is 18.2 Å². The van der Waals surface area contributed by atoms with Gasteiger partial charge in [-0.25, -0.2) is 4.79 Å². The van der Waals surface area contributed by atoms with E-state index >= 15 is 0 Å². The first-order valence-electron chi connectivity index (χ1n) is 6.33. The molecule has 0 aliphatic carbocycles. The van der Waals surface area contributed by atoms with E-state index in [1.165, 1.54) is 19.1 Å². The molecule has 1 rings (SSSR count). The van der Waals surface area contributed by atoms with E-state index in [9.17, 15) is 23.5 Å². The second-order valence-electron chi connectivity index (χ2n) is 4.68. The zero-order chi connectivity index (χ0) is 16.0. The van der Waals surface area contributed by atoms with Gasteiger partial charge in [0.2, 0.25) is 0 Å². The number of thioether (sulfide) groups is 1. The molecule has 0 saturated carbocycles. The van der Waals surface area contributed by atoms with Crippen LogP contribution >= 0.6 is 11.8 Å². The number of nitrogens with one attached hydrogen (secondary N) is 1. The smallest absolute Gasteiger partial charge is 0.329 e. The molecule has 1 unspecified atom stereocenters. The summed E-state index contributed by atoms with van der Waals surface area (Å²) in [6, 6.07) is 2.76. The molecule has 0 aromatic carbocycles. The summed E-state index contributed by atoms with van der Waals surface area (Å²) in [6.07, 6.45) is 0.848. The summed E-state index contributed by atoms with van der Waals surface area (Å²) >= 11 is 0.383. The Morgan fingerprint density at radius 3 is 2.67 bits per heavy atom. The van der Waals surface area contributed by atoms with Crippen LogP contribution in [0.15, 0.2) is 16.5 Å². The quantitative estimate of drug-likeness (QED) is 0.769. The first kappa shape index (κ1) is 17.5. The van der Waals surface area contributed by atoms with Crippen LogP contribution in [0.5, 0.6) is 0 Å². The van der Waals surface area contributed by atoms with Crippen molar-refractivity contribution in [3.8, 4) is 0 Å². The summed E-state index contributed by atoms with van der Waals surface area (Å²) in [5.41, 5.74) is -1.39. The number of hydrogen-bond donors (Lipinski definition) is 2. The zero-order valence-corrected chi connectivity index (χ0v) is 12.5. The highest BCUT2D eigenvalue weighted by atomic mass is 32.2. The number of alkyl halides is 2. The Hall–Kier alpha value is -1.57. The molecule has 118 valence electrons. The Bertz CT molecular complexity index is 506. The number of carbonyl (C=O) groups is 2. The van der Waals surface area contributed by atoms with Crippen LogP contribution in [0.25, 0.3) is 0 Å². The van der Waals surface area contributed by atoms with Gasteiger partial charge < -0.3 is 14.8 Å². The predicted octanol–water partition coefficient (Wildman–Crippen LogP) is 3.11. The van der Waals surface area contributed by atoms with Crippen molar-refractivity contribution in [2.24, 2.45) is 0 Å². The topological polar surface area (TPSA) is 79.5 Å². The number of carboxylic acid groups (broad SMARTS) is 1. The minimum Gasteiger partial charge on any atom is -0.480 e. The molecule has 0 aliphatic heterocycles. The summed E-state index contributed by atoms with van der Waals surface area (Å²) in [5, 5.41) is 11.6. The van der Waals surface area contributed by atoms with E-state index in [0.717, 1.165) is 0 Å². The number of halogens is 2. The molecule has 0 bridgehead atoms. The molecule has 1 aromatic rings. The first-order valence-corrected chi connectivity index (χ1v) is 7.37. The standard InChI is InChI=1S/C13H17F2NO4S/c1-3-6-13(2,11(18)19)16-10(17)9-5-4-8(20-9)7-21-12(14)15/h4-5,12H,3,6-7H2,1-2H3,(H,16,17)(H,18,19). The predicted molar refractivity (Wildman–Crippen MR) is 74.4 cm³/mol. The van der Waals surface area contributed by atoms with E-state index in [1.54, 1.807) is 6.92 Å². The second kappa shape index (κ2) is 7.44. The highest BCUT2D eigenvalue weighted by Gasteiger charge is 2.34. The van der Waals surface area contributed by atoms with Crippen LogP contribution in [-0.4, -0.2) is 28.3 Å².